The molecule has 29 heavy (non-hydrogen) atoms. The Morgan fingerprint density at radius 2 is 1.48 bits per heavy atom. The van der Waals surface area contributed by atoms with Crippen LogP contribution in [0.25, 0.3) is 0 Å². The lowest BCUT2D eigenvalue weighted by Gasteiger charge is -2.27. The molecule has 8 heteroatoms. The molecule has 150 valence electrons. The summed E-state index contributed by atoms with van der Waals surface area (Å²) in [6, 6.07) is 17.7. The van der Waals surface area contributed by atoms with Crippen LogP contribution in [0.4, 0.5) is 11.4 Å². The molecule has 4 rings (SSSR count). The lowest BCUT2D eigenvalue weighted by atomic mass is 10.2. The minimum atomic E-state index is -3.58. The number of fused-ring (bicyclic) bond motifs is 1. The van der Waals surface area contributed by atoms with Crippen LogP contribution in [0.5, 0.6) is 11.5 Å². The van der Waals surface area contributed by atoms with Crippen LogP contribution in [0.15, 0.2) is 70.3 Å². The van der Waals surface area contributed by atoms with Crippen LogP contribution >= 0.6 is 7.60 Å². The van der Waals surface area contributed by atoms with Crippen LogP contribution in [0.3, 0.4) is 0 Å². The smallest absolute Gasteiger partial charge is 0.416 e. The van der Waals surface area contributed by atoms with Gasteiger partial charge in [-0.15, -0.1) is 0 Å². The molecule has 0 bridgehead atoms. The molecule has 3 aromatic rings. The zero-order valence-electron chi connectivity index (χ0n) is 15.7. The molecule has 0 fully saturated rings. The SMILES string of the molecule is O=c1c2c(c1=O)N(CCP(=O)(Oc1ccccc1)Oc1ccccc1)CCCN2. The Kier molecular flexibility index (Phi) is 5.41. The molecule has 0 spiro atoms. The Labute approximate surface area is 168 Å². The van der Waals surface area contributed by atoms with E-state index >= 15 is 0 Å². The summed E-state index contributed by atoms with van der Waals surface area (Å²) in [5.74, 6) is 0.887. The monoisotopic (exact) mass is 412 g/mol. The van der Waals surface area contributed by atoms with Gasteiger partial charge in [0.1, 0.15) is 22.9 Å². The van der Waals surface area contributed by atoms with Crippen LogP contribution < -0.4 is 30.1 Å². The average molecular weight is 412 g/mol. The molecule has 0 aromatic heterocycles. The topological polar surface area (TPSA) is 84.9 Å². The van der Waals surface area contributed by atoms with Gasteiger partial charge >= 0.3 is 7.60 Å². The van der Waals surface area contributed by atoms with Crippen LogP contribution in [0.1, 0.15) is 6.42 Å². The second-order valence-corrected chi connectivity index (χ2v) is 8.83. The number of nitrogens with zero attached hydrogens (tertiary/aromatic N) is 1. The third kappa shape index (κ3) is 4.20. The van der Waals surface area contributed by atoms with Gasteiger partial charge in [-0.2, -0.15) is 0 Å². The predicted octanol–water partition coefficient (Wildman–Crippen LogP) is 3.26. The molecule has 3 aromatic carbocycles. The Balaban J connectivity index is 1.55. The molecular weight excluding hydrogens is 391 g/mol. The Morgan fingerprint density at radius 3 is 2.07 bits per heavy atom. The highest BCUT2D eigenvalue weighted by molar-refractivity contribution is 7.54. The van der Waals surface area contributed by atoms with E-state index in [1.54, 1.807) is 53.4 Å². The maximum Gasteiger partial charge on any atom is 0.432 e. The second-order valence-electron chi connectivity index (χ2n) is 6.79. The first-order valence-corrected chi connectivity index (χ1v) is 11.2. The zero-order valence-corrected chi connectivity index (χ0v) is 16.6. The van der Waals surface area contributed by atoms with Gasteiger partial charge in [0, 0.05) is 19.6 Å². The number of nitrogens with one attached hydrogen (secondary N) is 1. The molecule has 0 amide bonds. The van der Waals surface area contributed by atoms with Crippen molar-refractivity contribution in [3.8, 4) is 11.5 Å². The predicted molar refractivity (Wildman–Crippen MR) is 113 cm³/mol. The Bertz CT molecular complexity index is 1050. The standard InChI is InChI=1S/C21H21N2O5P/c24-20-18-19(21(20)25)23(13-7-12-22-18)14-15-29(26,27-16-8-3-1-4-9-16)28-17-10-5-2-6-11-17/h1-6,8-11,22H,7,12-15H2. The Hall–Kier alpha value is -3.05. The highest BCUT2D eigenvalue weighted by Gasteiger charge is 2.33. The maximum atomic E-state index is 13.6. The van der Waals surface area contributed by atoms with Gasteiger partial charge in [-0.25, -0.2) is 4.57 Å². The van der Waals surface area contributed by atoms with E-state index in [2.05, 4.69) is 5.32 Å². The quantitative estimate of drug-likeness (QED) is 0.471. The van der Waals surface area contributed by atoms with Crippen molar-refractivity contribution in [2.45, 2.75) is 6.42 Å². The van der Waals surface area contributed by atoms with Crippen molar-refractivity contribution in [1.29, 1.82) is 0 Å². The van der Waals surface area contributed by atoms with Crippen LogP contribution in [0.2, 0.25) is 0 Å². The molecular formula is C21H21N2O5P. The molecule has 1 N–H and O–H groups in total. The van der Waals surface area contributed by atoms with Gasteiger partial charge in [0.15, 0.2) is 0 Å². The minimum absolute atomic E-state index is 0.0645. The van der Waals surface area contributed by atoms with Crippen molar-refractivity contribution < 1.29 is 13.6 Å². The van der Waals surface area contributed by atoms with E-state index in [1.807, 2.05) is 12.1 Å². The summed E-state index contributed by atoms with van der Waals surface area (Å²) in [6.45, 7) is 1.48. The number of benzene rings is 2. The summed E-state index contributed by atoms with van der Waals surface area (Å²) in [5.41, 5.74) is -0.262. The first-order chi connectivity index (χ1) is 14.1. The Morgan fingerprint density at radius 1 is 0.897 bits per heavy atom. The maximum absolute atomic E-state index is 13.6. The van der Waals surface area contributed by atoms with Crippen molar-refractivity contribution in [2.24, 2.45) is 0 Å². The van der Waals surface area contributed by atoms with Gasteiger partial charge in [0.25, 0.3) is 10.9 Å². The van der Waals surface area contributed by atoms with Crippen LogP contribution in [0, 0.1) is 0 Å². The van der Waals surface area contributed by atoms with Gasteiger partial charge < -0.3 is 19.3 Å². The lowest BCUT2D eigenvalue weighted by Crippen LogP contribution is -2.42. The largest absolute Gasteiger partial charge is 0.432 e. The van der Waals surface area contributed by atoms with E-state index in [0.29, 0.717) is 36.0 Å². The molecule has 0 aliphatic carbocycles. The number of hydrogen-bond acceptors (Lipinski definition) is 7. The van der Waals surface area contributed by atoms with Gasteiger partial charge in [0.05, 0.1) is 6.16 Å². The molecule has 0 atom stereocenters. The van der Waals surface area contributed by atoms with E-state index in [1.165, 1.54) is 0 Å². The molecule has 0 saturated carbocycles. The van der Waals surface area contributed by atoms with Gasteiger partial charge in [-0.1, -0.05) is 36.4 Å². The molecule has 0 saturated heterocycles. The lowest BCUT2D eigenvalue weighted by molar-refractivity contribution is 0.386. The van der Waals surface area contributed by atoms with E-state index in [-0.39, 0.29) is 12.7 Å². The fraction of sp³-hybridized carbons (Fsp3) is 0.238. The van der Waals surface area contributed by atoms with Crippen molar-refractivity contribution in [3.63, 3.8) is 0 Å². The number of anilines is 2. The molecule has 1 aliphatic rings. The average Bonchev–Trinajstić information content (AvgIpc) is 2.93. The third-order valence-corrected chi connectivity index (χ3v) is 6.45. The first kappa shape index (κ1) is 19.3. The molecule has 0 radical (unpaired) electrons. The second kappa shape index (κ2) is 8.13. The van der Waals surface area contributed by atoms with E-state index in [0.717, 1.165) is 6.42 Å². The van der Waals surface area contributed by atoms with E-state index in [9.17, 15) is 14.2 Å². The number of hydrogen-bond donors (Lipinski definition) is 1. The highest BCUT2D eigenvalue weighted by Crippen LogP contribution is 2.48. The highest BCUT2D eigenvalue weighted by atomic mass is 31.2. The summed E-state index contributed by atoms with van der Waals surface area (Å²) in [5, 5.41) is 3.00. The van der Waals surface area contributed by atoms with Gasteiger partial charge in [-0.3, -0.25) is 9.59 Å². The van der Waals surface area contributed by atoms with Crippen molar-refractivity contribution >= 4 is 19.0 Å². The molecule has 1 heterocycles. The van der Waals surface area contributed by atoms with Gasteiger partial charge in [-0.05, 0) is 30.7 Å². The number of rotatable bonds is 7. The summed E-state index contributed by atoms with van der Waals surface area (Å²) < 4.78 is 25.1. The summed E-state index contributed by atoms with van der Waals surface area (Å²) >= 11 is 0. The van der Waals surface area contributed by atoms with Crippen molar-refractivity contribution in [3.05, 3.63) is 81.1 Å². The van der Waals surface area contributed by atoms with Gasteiger partial charge in [0.2, 0.25) is 0 Å². The fourth-order valence-corrected chi connectivity index (χ4v) is 4.89. The summed E-state index contributed by atoms with van der Waals surface area (Å²) in [6.07, 6.45) is 0.825. The van der Waals surface area contributed by atoms with Crippen molar-refractivity contribution in [2.75, 3.05) is 36.0 Å². The van der Waals surface area contributed by atoms with E-state index in [4.69, 9.17) is 9.05 Å². The van der Waals surface area contributed by atoms with E-state index < -0.39 is 18.5 Å². The van der Waals surface area contributed by atoms with Crippen LogP contribution in [-0.4, -0.2) is 25.8 Å². The van der Waals surface area contributed by atoms with Crippen molar-refractivity contribution in [1.82, 2.24) is 0 Å². The molecule has 7 nitrogen and oxygen atoms in total. The normalized spacial score (nSPS) is 14.0. The number of para-hydroxylation sites is 2. The first-order valence-electron chi connectivity index (χ1n) is 9.46. The fourth-order valence-electron chi connectivity index (χ4n) is 3.30. The summed E-state index contributed by atoms with van der Waals surface area (Å²) in [4.78, 5) is 25.6. The minimum Gasteiger partial charge on any atom is -0.416 e. The summed E-state index contributed by atoms with van der Waals surface area (Å²) in [7, 11) is -3.58. The molecule has 0 unspecified atom stereocenters. The molecule has 1 aliphatic heterocycles. The van der Waals surface area contributed by atoms with Crippen LogP contribution in [-0.2, 0) is 4.57 Å². The third-order valence-electron chi connectivity index (χ3n) is 4.73. The zero-order chi connectivity index (χ0) is 20.3.